The fourth-order valence-electron chi connectivity index (χ4n) is 2.24. The van der Waals surface area contributed by atoms with Crippen LogP contribution in [0.4, 0.5) is 11.5 Å². The van der Waals surface area contributed by atoms with Gasteiger partial charge >= 0.3 is 0 Å². The predicted molar refractivity (Wildman–Crippen MR) is 107 cm³/mol. The maximum absolute atomic E-state index is 12.5. The van der Waals surface area contributed by atoms with E-state index in [1.165, 1.54) is 35.2 Å². The van der Waals surface area contributed by atoms with E-state index >= 15 is 0 Å². The molecule has 0 aliphatic heterocycles. The minimum Gasteiger partial charge on any atom is -0.359 e. The van der Waals surface area contributed by atoms with Crippen molar-refractivity contribution >= 4 is 40.5 Å². The predicted octanol–water partition coefficient (Wildman–Crippen LogP) is 5.05. The van der Waals surface area contributed by atoms with Crippen LogP contribution in [-0.2, 0) is 5.41 Å². The molecule has 28 heavy (non-hydrogen) atoms. The Morgan fingerprint density at radius 1 is 1.32 bits per heavy atom. The number of carbonyl (C=O) groups excluding carboxylic acids is 1. The molecule has 0 aliphatic rings. The second kappa shape index (κ2) is 7.72. The number of nitro groups is 1. The largest absolute Gasteiger partial charge is 0.359 e. The average Bonchev–Trinajstić information content (AvgIpc) is 3.23. The fraction of sp³-hybridized carbons (Fsp3) is 0.278. The minimum atomic E-state index is -0.507. The highest BCUT2D eigenvalue weighted by molar-refractivity contribution is 8.01. The summed E-state index contributed by atoms with van der Waals surface area (Å²) >= 11 is 2.61. The van der Waals surface area contributed by atoms with E-state index in [4.69, 9.17) is 4.52 Å². The van der Waals surface area contributed by atoms with E-state index in [0.717, 1.165) is 5.69 Å². The number of benzene rings is 1. The zero-order valence-corrected chi connectivity index (χ0v) is 17.3. The van der Waals surface area contributed by atoms with Gasteiger partial charge in [0.05, 0.1) is 9.82 Å². The summed E-state index contributed by atoms with van der Waals surface area (Å²) in [5.41, 5.74) is 0.614. The van der Waals surface area contributed by atoms with Gasteiger partial charge in [-0.25, -0.2) is 4.98 Å². The van der Waals surface area contributed by atoms with Crippen LogP contribution >= 0.6 is 23.1 Å². The van der Waals surface area contributed by atoms with Gasteiger partial charge in [0.15, 0.2) is 10.2 Å². The molecule has 0 radical (unpaired) electrons. The molecule has 146 valence electrons. The number of hydrogen-bond acceptors (Lipinski definition) is 8. The van der Waals surface area contributed by atoms with Gasteiger partial charge in [-0.2, -0.15) is 0 Å². The molecule has 1 N–H and O–H groups in total. The second-order valence-electron chi connectivity index (χ2n) is 7.08. The molecule has 8 nitrogen and oxygen atoms in total. The SMILES string of the molecule is Cc1csc(Sc2ccc(C(=O)Nc3cc(C(C)(C)C)on3)cc2[N+](=O)[O-])n1. The van der Waals surface area contributed by atoms with E-state index in [9.17, 15) is 14.9 Å². The zero-order valence-electron chi connectivity index (χ0n) is 15.7. The first kappa shape index (κ1) is 20.0. The molecule has 0 bridgehead atoms. The van der Waals surface area contributed by atoms with E-state index in [1.54, 1.807) is 12.1 Å². The zero-order chi connectivity index (χ0) is 20.5. The number of anilines is 1. The summed E-state index contributed by atoms with van der Waals surface area (Å²) in [4.78, 5) is 28.2. The van der Waals surface area contributed by atoms with Gasteiger partial charge in [-0.1, -0.05) is 37.7 Å². The highest BCUT2D eigenvalue weighted by Crippen LogP contribution is 2.37. The third-order valence-corrected chi connectivity index (χ3v) is 5.83. The van der Waals surface area contributed by atoms with Crippen LogP contribution in [0.2, 0.25) is 0 Å². The van der Waals surface area contributed by atoms with Crippen molar-refractivity contribution in [3.8, 4) is 0 Å². The molecule has 2 aromatic heterocycles. The van der Waals surface area contributed by atoms with Crippen LogP contribution in [0, 0.1) is 17.0 Å². The third kappa shape index (κ3) is 4.57. The van der Waals surface area contributed by atoms with Crippen LogP contribution in [0.1, 0.15) is 42.6 Å². The Labute approximate surface area is 169 Å². The summed E-state index contributed by atoms with van der Waals surface area (Å²) in [5.74, 6) is 0.382. The summed E-state index contributed by atoms with van der Waals surface area (Å²) in [5, 5.41) is 19.8. The molecular weight excluding hydrogens is 400 g/mol. The number of amides is 1. The van der Waals surface area contributed by atoms with Crippen LogP contribution in [0.15, 0.2) is 43.4 Å². The van der Waals surface area contributed by atoms with Crippen molar-refractivity contribution in [2.75, 3.05) is 5.32 Å². The summed E-state index contributed by atoms with van der Waals surface area (Å²) < 4.78 is 5.94. The maximum Gasteiger partial charge on any atom is 0.284 e. The van der Waals surface area contributed by atoms with E-state index in [0.29, 0.717) is 15.0 Å². The Kier molecular flexibility index (Phi) is 5.52. The summed E-state index contributed by atoms with van der Waals surface area (Å²) in [6, 6.07) is 5.98. The van der Waals surface area contributed by atoms with Crippen molar-refractivity contribution in [3.63, 3.8) is 0 Å². The Balaban J connectivity index is 1.81. The summed E-state index contributed by atoms with van der Waals surface area (Å²) in [6.07, 6.45) is 0. The molecule has 3 aromatic rings. The van der Waals surface area contributed by atoms with Crippen molar-refractivity contribution in [3.05, 3.63) is 56.8 Å². The first-order valence-corrected chi connectivity index (χ1v) is 10.00. The lowest BCUT2D eigenvalue weighted by Crippen LogP contribution is -2.13. The molecule has 0 spiro atoms. The fourth-order valence-corrected chi connectivity index (χ4v) is 4.12. The lowest BCUT2D eigenvalue weighted by atomic mass is 9.93. The molecule has 3 rings (SSSR count). The molecular formula is C18H18N4O4S2. The average molecular weight is 419 g/mol. The quantitative estimate of drug-likeness (QED) is 0.456. The number of nitrogens with one attached hydrogen (secondary N) is 1. The number of aryl methyl sites for hydroxylation is 1. The number of hydrogen-bond donors (Lipinski definition) is 1. The third-order valence-electron chi connectivity index (χ3n) is 3.70. The van der Waals surface area contributed by atoms with E-state index < -0.39 is 10.8 Å². The Bertz CT molecular complexity index is 1040. The molecule has 1 amide bonds. The molecule has 0 atom stereocenters. The summed E-state index contributed by atoms with van der Waals surface area (Å²) in [7, 11) is 0. The molecule has 0 unspecified atom stereocenters. The van der Waals surface area contributed by atoms with Crippen molar-refractivity contribution in [1.29, 1.82) is 0 Å². The molecule has 0 fully saturated rings. The van der Waals surface area contributed by atoms with Gasteiger partial charge in [0.1, 0.15) is 5.76 Å². The normalized spacial score (nSPS) is 11.4. The number of carbonyl (C=O) groups is 1. The highest BCUT2D eigenvalue weighted by Gasteiger charge is 2.22. The van der Waals surface area contributed by atoms with Crippen molar-refractivity contribution in [2.45, 2.75) is 42.3 Å². The monoisotopic (exact) mass is 418 g/mol. The second-order valence-corrected chi connectivity index (χ2v) is 9.22. The molecule has 2 heterocycles. The van der Waals surface area contributed by atoms with Gasteiger partial charge in [-0.3, -0.25) is 14.9 Å². The van der Waals surface area contributed by atoms with Crippen LogP contribution < -0.4 is 5.32 Å². The molecule has 0 aliphatic carbocycles. The Morgan fingerprint density at radius 3 is 2.64 bits per heavy atom. The lowest BCUT2D eigenvalue weighted by molar-refractivity contribution is -0.387. The van der Waals surface area contributed by atoms with E-state index in [2.05, 4.69) is 15.5 Å². The molecule has 1 aromatic carbocycles. The Morgan fingerprint density at radius 2 is 2.07 bits per heavy atom. The van der Waals surface area contributed by atoms with Gasteiger partial charge < -0.3 is 9.84 Å². The molecule has 10 heteroatoms. The highest BCUT2D eigenvalue weighted by atomic mass is 32.2. The molecule has 0 saturated carbocycles. The van der Waals surface area contributed by atoms with Crippen molar-refractivity contribution < 1.29 is 14.2 Å². The van der Waals surface area contributed by atoms with Crippen LogP contribution in [-0.4, -0.2) is 21.0 Å². The van der Waals surface area contributed by atoms with Crippen LogP contribution in [0.25, 0.3) is 0 Å². The topological polar surface area (TPSA) is 111 Å². The number of nitrogens with zero attached hydrogens (tertiary/aromatic N) is 3. The number of thiazole rings is 1. The van der Waals surface area contributed by atoms with Crippen molar-refractivity contribution in [2.24, 2.45) is 0 Å². The standard InChI is InChI=1S/C18H18N4O4S2/c1-10-9-27-17(19-10)28-13-6-5-11(7-12(13)22(24)25)16(23)20-15-8-14(26-21-15)18(2,3)4/h5-9H,1-4H3,(H,20,21,23). The van der Waals surface area contributed by atoms with E-state index in [-0.39, 0.29) is 22.5 Å². The van der Waals surface area contributed by atoms with Gasteiger partial charge in [0.2, 0.25) is 0 Å². The number of aromatic nitrogens is 2. The van der Waals surface area contributed by atoms with Gasteiger partial charge in [0.25, 0.3) is 11.6 Å². The maximum atomic E-state index is 12.5. The lowest BCUT2D eigenvalue weighted by Gasteiger charge is -2.12. The van der Waals surface area contributed by atoms with Crippen LogP contribution in [0.5, 0.6) is 0 Å². The van der Waals surface area contributed by atoms with Gasteiger partial charge in [-0.05, 0) is 19.1 Å². The smallest absolute Gasteiger partial charge is 0.284 e. The van der Waals surface area contributed by atoms with Gasteiger partial charge in [0, 0.05) is 34.2 Å². The van der Waals surface area contributed by atoms with Crippen molar-refractivity contribution in [1.82, 2.24) is 10.1 Å². The number of rotatable bonds is 5. The molecule has 0 saturated heterocycles. The van der Waals surface area contributed by atoms with Crippen LogP contribution in [0.3, 0.4) is 0 Å². The minimum absolute atomic E-state index is 0.152. The Hall–Kier alpha value is -2.72. The van der Waals surface area contributed by atoms with Gasteiger partial charge in [-0.15, -0.1) is 11.3 Å². The van der Waals surface area contributed by atoms with E-state index in [1.807, 2.05) is 33.1 Å². The number of nitro benzene ring substituents is 1. The first-order valence-electron chi connectivity index (χ1n) is 8.30. The first-order chi connectivity index (χ1) is 13.1. The summed E-state index contributed by atoms with van der Waals surface area (Å²) in [6.45, 7) is 7.74.